The molecule has 102 valence electrons. The Morgan fingerprint density at radius 2 is 1.82 bits per heavy atom. The molecule has 0 radical (unpaired) electrons. The molecule has 0 saturated heterocycles. The topological polar surface area (TPSA) is 38.3 Å². The summed E-state index contributed by atoms with van der Waals surface area (Å²) in [5.74, 6) is 0.917. The van der Waals surface area contributed by atoms with E-state index in [-0.39, 0.29) is 12.0 Å². The van der Waals surface area contributed by atoms with Crippen LogP contribution in [0.1, 0.15) is 59.8 Å². The van der Waals surface area contributed by atoms with Crippen LogP contribution in [0.4, 0.5) is 0 Å². The third-order valence-corrected chi connectivity index (χ3v) is 2.53. The Morgan fingerprint density at radius 3 is 2.41 bits per heavy atom. The minimum atomic E-state index is 0.155. The molecule has 0 aromatic carbocycles. The third-order valence-electron chi connectivity index (χ3n) is 2.53. The lowest BCUT2D eigenvalue weighted by Gasteiger charge is -2.08. The van der Waals surface area contributed by atoms with Crippen molar-refractivity contribution in [2.24, 2.45) is 5.92 Å². The van der Waals surface area contributed by atoms with Crippen molar-refractivity contribution in [3.63, 3.8) is 0 Å². The van der Waals surface area contributed by atoms with Crippen LogP contribution in [0.15, 0.2) is 0 Å². The first-order chi connectivity index (χ1) is 8.02. The number of carbonyl (C=O) groups excluding carboxylic acids is 1. The van der Waals surface area contributed by atoms with Gasteiger partial charge >= 0.3 is 0 Å². The number of hydrogen-bond acceptors (Lipinski definition) is 2. The predicted octanol–water partition coefficient (Wildman–Crippen LogP) is 3.13. The first-order valence-corrected chi connectivity index (χ1v) is 6.90. The highest BCUT2D eigenvalue weighted by atomic mass is 16.5. The van der Waals surface area contributed by atoms with E-state index in [0.29, 0.717) is 13.0 Å². The van der Waals surface area contributed by atoms with Gasteiger partial charge in [-0.25, -0.2) is 0 Å². The second-order valence-electron chi connectivity index (χ2n) is 5.26. The van der Waals surface area contributed by atoms with Crippen LogP contribution in [0, 0.1) is 5.92 Å². The molecular formula is C14H29NO2. The van der Waals surface area contributed by atoms with Crippen LogP contribution in [0.3, 0.4) is 0 Å². The molecule has 1 amide bonds. The van der Waals surface area contributed by atoms with Gasteiger partial charge in [0.25, 0.3) is 0 Å². The average molecular weight is 243 g/mol. The molecule has 0 atom stereocenters. The van der Waals surface area contributed by atoms with Crippen LogP contribution in [-0.2, 0) is 9.53 Å². The zero-order chi connectivity index (χ0) is 13.1. The monoisotopic (exact) mass is 243 g/mol. The van der Waals surface area contributed by atoms with Gasteiger partial charge in [0.15, 0.2) is 0 Å². The zero-order valence-corrected chi connectivity index (χ0v) is 11.9. The van der Waals surface area contributed by atoms with E-state index < -0.39 is 0 Å². The molecule has 0 fully saturated rings. The Kier molecular flexibility index (Phi) is 10.2. The zero-order valence-electron chi connectivity index (χ0n) is 11.9. The fourth-order valence-electron chi connectivity index (χ4n) is 1.55. The summed E-state index contributed by atoms with van der Waals surface area (Å²) in [5.41, 5.74) is 0. The van der Waals surface area contributed by atoms with Crippen LogP contribution in [0.2, 0.25) is 0 Å². The molecule has 0 unspecified atom stereocenters. The quantitative estimate of drug-likeness (QED) is 0.599. The highest BCUT2D eigenvalue weighted by Crippen LogP contribution is 2.05. The number of amides is 1. The summed E-state index contributed by atoms with van der Waals surface area (Å²) in [6, 6.07) is 0. The lowest BCUT2D eigenvalue weighted by molar-refractivity contribution is -0.121. The summed E-state index contributed by atoms with van der Waals surface area (Å²) in [5, 5.41) is 2.95. The van der Waals surface area contributed by atoms with Crippen LogP contribution in [-0.4, -0.2) is 25.2 Å². The van der Waals surface area contributed by atoms with E-state index in [2.05, 4.69) is 19.2 Å². The molecule has 0 aliphatic carbocycles. The maximum atomic E-state index is 11.4. The minimum absolute atomic E-state index is 0.155. The van der Waals surface area contributed by atoms with Gasteiger partial charge in [0.05, 0.1) is 6.10 Å². The number of ether oxygens (including phenoxy) is 1. The molecule has 0 spiro atoms. The Hall–Kier alpha value is -0.570. The van der Waals surface area contributed by atoms with E-state index in [0.717, 1.165) is 25.3 Å². The van der Waals surface area contributed by atoms with Crippen molar-refractivity contribution < 1.29 is 9.53 Å². The number of rotatable bonds is 10. The smallest absolute Gasteiger partial charge is 0.220 e. The van der Waals surface area contributed by atoms with Crippen LogP contribution < -0.4 is 5.32 Å². The van der Waals surface area contributed by atoms with Crippen molar-refractivity contribution >= 4 is 5.91 Å². The van der Waals surface area contributed by atoms with E-state index in [9.17, 15) is 4.79 Å². The van der Waals surface area contributed by atoms with E-state index in [4.69, 9.17) is 4.74 Å². The fourth-order valence-corrected chi connectivity index (χ4v) is 1.55. The molecule has 3 nitrogen and oxygen atoms in total. The summed E-state index contributed by atoms with van der Waals surface area (Å²) in [6.45, 7) is 9.97. The van der Waals surface area contributed by atoms with Crippen molar-refractivity contribution in [3.05, 3.63) is 0 Å². The molecule has 0 bridgehead atoms. The average Bonchev–Trinajstić information content (AvgIpc) is 2.23. The molecule has 17 heavy (non-hydrogen) atoms. The van der Waals surface area contributed by atoms with Gasteiger partial charge in [-0.1, -0.05) is 26.7 Å². The fraction of sp³-hybridized carbons (Fsp3) is 0.929. The lowest BCUT2D eigenvalue weighted by Crippen LogP contribution is -2.24. The molecule has 0 saturated carbocycles. The van der Waals surface area contributed by atoms with E-state index in [1.54, 1.807) is 0 Å². The third kappa shape index (κ3) is 13.4. The van der Waals surface area contributed by atoms with Gasteiger partial charge in [-0.15, -0.1) is 0 Å². The molecule has 0 aromatic rings. The largest absolute Gasteiger partial charge is 0.379 e. The molecular weight excluding hydrogens is 214 g/mol. The van der Waals surface area contributed by atoms with Crippen molar-refractivity contribution in [3.8, 4) is 0 Å². The summed E-state index contributed by atoms with van der Waals surface area (Å²) in [4.78, 5) is 11.4. The second-order valence-corrected chi connectivity index (χ2v) is 5.26. The predicted molar refractivity (Wildman–Crippen MR) is 72.0 cm³/mol. The molecule has 3 heteroatoms. The molecule has 0 rings (SSSR count). The molecule has 0 heterocycles. The Bertz CT molecular complexity index is 191. The summed E-state index contributed by atoms with van der Waals surface area (Å²) in [6.07, 6.45) is 5.19. The van der Waals surface area contributed by atoms with Crippen molar-refractivity contribution in [2.45, 2.75) is 65.9 Å². The maximum absolute atomic E-state index is 11.4. The highest BCUT2D eigenvalue weighted by molar-refractivity contribution is 5.75. The molecule has 1 N–H and O–H groups in total. The Labute approximate surface area is 106 Å². The summed E-state index contributed by atoms with van der Waals surface area (Å²) in [7, 11) is 0. The number of hydrogen-bond donors (Lipinski definition) is 1. The van der Waals surface area contributed by atoms with Crippen molar-refractivity contribution in [1.82, 2.24) is 5.32 Å². The van der Waals surface area contributed by atoms with E-state index in [1.165, 1.54) is 12.8 Å². The SMILES string of the molecule is CC(C)CCCCNC(=O)CCCOC(C)C. The van der Waals surface area contributed by atoms with Gasteiger partial charge in [0, 0.05) is 19.6 Å². The normalized spacial score (nSPS) is 11.2. The van der Waals surface area contributed by atoms with E-state index >= 15 is 0 Å². The van der Waals surface area contributed by atoms with Crippen LogP contribution >= 0.6 is 0 Å². The summed E-state index contributed by atoms with van der Waals surface area (Å²) < 4.78 is 5.38. The van der Waals surface area contributed by atoms with Crippen LogP contribution in [0.5, 0.6) is 0 Å². The van der Waals surface area contributed by atoms with Crippen LogP contribution in [0.25, 0.3) is 0 Å². The first-order valence-electron chi connectivity index (χ1n) is 6.90. The van der Waals surface area contributed by atoms with Crippen molar-refractivity contribution in [2.75, 3.05) is 13.2 Å². The standard InChI is InChI=1S/C14H29NO2/c1-12(2)8-5-6-10-15-14(16)9-7-11-17-13(3)4/h12-13H,5-11H2,1-4H3,(H,15,16). The lowest BCUT2D eigenvalue weighted by atomic mass is 10.1. The maximum Gasteiger partial charge on any atom is 0.220 e. The molecule has 0 aliphatic rings. The number of unbranched alkanes of at least 4 members (excludes halogenated alkanes) is 1. The minimum Gasteiger partial charge on any atom is -0.379 e. The Balaban J connectivity index is 3.23. The van der Waals surface area contributed by atoms with Crippen molar-refractivity contribution in [1.29, 1.82) is 0 Å². The van der Waals surface area contributed by atoms with E-state index in [1.807, 2.05) is 13.8 Å². The Morgan fingerprint density at radius 1 is 1.12 bits per heavy atom. The first kappa shape index (κ1) is 16.4. The molecule has 0 aliphatic heterocycles. The number of nitrogens with one attached hydrogen (secondary N) is 1. The second kappa shape index (κ2) is 10.6. The van der Waals surface area contributed by atoms with Gasteiger partial charge in [-0.3, -0.25) is 4.79 Å². The number of carbonyl (C=O) groups is 1. The summed E-state index contributed by atoms with van der Waals surface area (Å²) >= 11 is 0. The highest BCUT2D eigenvalue weighted by Gasteiger charge is 2.01. The van der Waals surface area contributed by atoms with Gasteiger partial charge in [-0.2, -0.15) is 0 Å². The van der Waals surface area contributed by atoms with Gasteiger partial charge in [0.2, 0.25) is 5.91 Å². The van der Waals surface area contributed by atoms with Gasteiger partial charge in [-0.05, 0) is 32.6 Å². The van der Waals surface area contributed by atoms with Gasteiger partial charge < -0.3 is 10.1 Å². The molecule has 0 aromatic heterocycles. The van der Waals surface area contributed by atoms with Gasteiger partial charge in [0.1, 0.15) is 0 Å².